The molecule has 2 aliphatic carbocycles. The summed E-state index contributed by atoms with van der Waals surface area (Å²) in [6.07, 6.45) is -4.94. The highest BCUT2D eigenvalue weighted by Crippen LogP contribution is 2.44. The Hall–Kier alpha value is -6.69. The molecule has 0 spiro atoms. The maximum atomic E-state index is 14.7. The van der Waals surface area contributed by atoms with Gasteiger partial charge in [-0.2, -0.15) is 13.2 Å². The summed E-state index contributed by atoms with van der Waals surface area (Å²) in [5.41, 5.74) is 1.59. The van der Waals surface area contributed by atoms with Crippen LogP contribution in [0.25, 0.3) is 65.6 Å². The van der Waals surface area contributed by atoms with Crippen molar-refractivity contribution in [1.82, 2.24) is 0 Å². The van der Waals surface area contributed by atoms with E-state index in [2.05, 4.69) is 9.69 Å². The van der Waals surface area contributed by atoms with E-state index in [0.29, 0.717) is 62.2 Å². The van der Waals surface area contributed by atoms with Gasteiger partial charge in [-0.25, -0.2) is 37.8 Å². The number of hydrogen-bond acceptors (Lipinski definition) is 2. The van der Waals surface area contributed by atoms with Crippen molar-refractivity contribution in [2.24, 2.45) is 0 Å². The second-order valence-corrected chi connectivity index (χ2v) is 12.1. The molecule has 11 heteroatoms. The fraction of sp³-hybridized carbons (Fsp3) is 0.100. The summed E-state index contributed by atoms with van der Waals surface area (Å²) in [6, 6.07) is 17.0. The first-order valence-electron chi connectivity index (χ1n) is 15.1. The number of halogens is 7. The second kappa shape index (κ2) is 11.7. The predicted octanol–water partition coefficient (Wildman–Crippen LogP) is 9.15. The highest BCUT2D eigenvalue weighted by atomic mass is 19.4. The van der Waals surface area contributed by atoms with Crippen LogP contribution in [0.4, 0.5) is 30.7 Å². The molecule has 7 rings (SSSR count). The maximum absolute atomic E-state index is 14.7. The minimum atomic E-state index is -5.27. The molecule has 0 N–H and O–H groups in total. The zero-order chi connectivity index (χ0) is 36.5. The van der Waals surface area contributed by atoms with Crippen LogP contribution >= 0.6 is 0 Å². The van der Waals surface area contributed by atoms with Crippen molar-refractivity contribution in [3.8, 4) is 56.6 Å². The van der Waals surface area contributed by atoms with Crippen molar-refractivity contribution in [1.29, 1.82) is 10.5 Å². The van der Waals surface area contributed by atoms with Crippen molar-refractivity contribution in [2.75, 3.05) is 0 Å². The van der Waals surface area contributed by atoms with E-state index in [-0.39, 0.29) is 56.9 Å². The molecule has 0 heterocycles. The van der Waals surface area contributed by atoms with Gasteiger partial charge in [0.25, 0.3) is 11.4 Å². The van der Waals surface area contributed by atoms with Gasteiger partial charge in [-0.05, 0) is 128 Å². The molecule has 0 aliphatic heterocycles. The number of benzene rings is 5. The number of hydrogen-bond donors (Lipinski definition) is 0. The summed E-state index contributed by atoms with van der Waals surface area (Å²) in [7, 11) is 0. The number of fused-ring (bicyclic) bond motifs is 6. The van der Waals surface area contributed by atoms with Crippen LogP contribution in [-0.2, 0) is 19.0 Å². The molecule has 0 saturated heterocycles. The van der Waals surface area contributed by atoms with Crippen molar-refractivity contribution < 1.29 is 30.7 Å². The molecule has 4 nitrogen and oxygen atoms in total. The largest absolute Gasteiger partial charge is 0.422 e. The molecule has 246 valence electrons. The van der Waals surface area contributed by atoms with Gasteiger partial charge in [0.15, 0.2) is 0 Å². The molecule has 0 aromatic heterocycles. The van der Waals surface area contributed by atoms with E-state index in [1.807, 2.05) is 12.1 Å². The van der Waals surface area contributed by atoms with Crippen molar-refractivity contribution in [3.63, 3.8) is 0 Å². The van der Waals surface area contributed by atoms with Gasteiger partial charge in [0, 0.05) is 10.8 Å². The number of rotatable bonds is 2. The minimum absolute atomic E-state index is 0.128. The highest BCUT2D eigenvalue weighted by Gasteiger charge is 2.38. The summed E-state index contributed by atoms with van der Waals surface area (Å²) >= 11 is 0. The van der Waals surface area contributed by atoms with Gasteiger partial charge in [0.1, 0.15) is 28.8 Å². The average molecular weight is 687 g/mol. The van der Waals surface area contributed by atoms with Crippen LogP contribution < -0.4 is 10.4 Å². The fourth-order valence-electron chi connectivity index (χ4n) is 7.09. The van der Waals surface area contributed by atoms with Gasteiger partial charge in [-0.1, -0.05) is 24.3 Å². The quantitative estimate of drug-likeness (QED) is 0.135. The highest BCUT2D eigenvalue weighted by molar-refractivity contribution is 5.95. The average Bonchev–Trinajstić information content (AvgIpc) is 3.65. The van der Waals surface area contributed by atoms with Gasteiger partial charge >= 0.3 is 6.18 Å². The standard InChI is InChI=1S/C40H17F7N4/c1-18-29(41)12-23(13-30(18)42)19-4-6-21-10-27-35(33(16-48)50-2)28-11-22-7-5-20(24-14-31(43)39(32(44)15-24)40(45,46)47)9-26(22)37(28)38(34(17-49)51-3)36(27)25(21)8-19/h4-9,12-15H,10-11H2,1H3/b35-33+,38-34+. The van der Waals surface area contributed by atoms with E-state index in [0.717, 1.165) is 0 Å². The third kappa shape index (κ3) is 5.02. The molecule has 0 atom stereocenters. The molecule has 5 aromatic carbocycles. The van der Waals surface area contributed by atoms with E-state index in [4.69, 9.17) is 13.1 Å². The molecule has 0 radical (unpaired) electrons. The Bertz CT molecular complexity index is 2660. The second-order valence-electron chi connectivity index (χ2n) is 12.1. The zero-order valence-electron chi connectivity index (χ0n) is 26.1. The van der Waals surface area contributed by atoms with E-state index in [1.54, 1.807) is 24.3 Å². The molecule has 0 unspecified atom stereocenters. The minimum Gasteiger partial charge on any atom is -0.226 e. The lowest BCUT2D eigenvalue weighted by molar-refractivity contribution is -0.142. The number of alkyl halides is 3. The number of nitrogens with zero attached hydrogens (tertiary/aromatic N) is 4. The van der Waals surface area contributed by atoms with Crippen LogP contribution in [0.3, 0.4) is 0 Å². The van der Waals surface area contributed by atoms with Crippen molar-refractivity contribution in [3.05, 3.63) is 151 Å². The van der Waals surface area contributed by atoms with Gasteiger partial charge in [-0.15, -0.1) is 0 Å². The Morgan fingerprint density at radius 2 is 1.04 bits per heavy atom. The molecule has 5 aromatic rings. The predicted molar refractivity (Wildman–Crippen MR) is 174 cm³/mol. The number of nitriles is 2. The van der Waals surface area contributed by atoms with E-state index >= 15 is 0 Å². The van der Waals surface area contributed by atoms with E-state index in [9.17, 15) is 41.3 Å². The van der Waals surface area contributed by atoms with Crippen LogP contribution in [0.1, 0.15) is 33.4 Å². The van der Waals surface area contributed by atoms with E-state index in [1.165, 1.54) is 31.2 Å². The zero-order valence-corrected chi connectivity index (χ0v) is 26.1. The molecule has 51 heavy (non-hydrogen) atoms. The first-order chi connectivity index (χ1) is 24.3. The third-order valence-corrected chi connectivity index (χ3v) is 9.38. The summed E-state index contributed by atoms with van der Waals surface area (Å²) in [5, 5.41) is 20.8. The van der Waals surface area contributed by atoms with Crippen LogP contribution in [0.15, 0.2) is 60.7 Å². The summed E-state index contributed by atoms with van der Waals surface area (Å²) in [5.74, 6) is -5.13. The third-order valence-electron chi connectivity index (χ3n) is 9.38. The van der Waals surface area contributed by atoms with Gasteiger partial charge in [0.05, 0.1) is 25.3 Å². The van der Waals surface area contributed by atoms with Crippen molar-refractivity contribution in [2.45, 2.75) is 25.9 Å². The Kier molecular flexibility index (Phi) is 7.55. The summed E-state index contributed by atoms with van der Waals surface area (Å²) in [4.78, 5) is 7.00. The normalized spacial score (nSPS) is 13.5. The van der Waals surface area contributed by atoms with Crippen LogP contribution in [-0.4, -0.2) is 0 Å². The van der Waals surface area contributed by atoms with Gasteiger partial charge < -0.3 is 0 Å². The first kappa shape index (κ1) is 32.8. The molecule has 0 fully saturated rings. The van der Waals surface area contributed by atoms with Gasteiger partial charge in [0.2, 0.25) is 0 Å². The SMILES string of the molecule is [C-]#[N+]/C(C#N)=c1\c2c(/c(=C(/C#N)[N+]#[C-])c3c1Cc1ccc(-c4cc(F)c(C(F)(F)F)c(F)c4)cc1-3)-c1cc(-c3cc(F)c(C)c(F)c3)ccc1C2. The fourth-order valence-corrected chi connectivity index (χ4v) is 7.09. The summed E-state index contributed by atoms with van der Waals surface area (Å²) in [6.45, 7) is 17.1. The van der Waals surface area contributed by atoms with Crippen LogP contribution in [0, 0.1) is 66.0 Å². The Labute approximate surface area is 285 Å². The Morgan fingerprint density at radius 1 is 0.627 bits per heavy atom. The van der Waals surface area contributed by atoms with Crippen LogP contribution in [0.2, 0.25) is 0 Å². The van der Waals surface area contributed by atoms with Crippen LogP contribution in [0.5, 0.6) is 0 Å². The molecule has 0 amide bonds. The molecular formula is C40H17F7N4. The molecular weight excluding hydrogens is 669 g/mol. The first-order valence-corrected chi connectivity index (χ1v) is 15.1. The lowest BCUT2D eigenvalue weighted by Crippen LogP contribution is -2.25. The summed E-state index contributed by atoms with van der Waals surface area (Å²) < 4.78 is 98.5. The molecule has 0 bridgehead atoms. The Morgan fingerprint density at radius 3 is 1.43 bits per heavy atom. The smallest absolute Gasteiger partial charge is 0.226 e. The lowest BCUT2D eigenvalue weighted by atomic mass is 9.89. The lowest BCUT2D eigenvalue weighted by Gasteiger charge is -2.15. The monoisotopic (exact) mass is 686 g/mol. The molecule has 0 saturated carbocycles. The van der Waals surface area contributed by atoms with Gasteiger partial charge in [-0.3, -0.25) is 0 Å². The maximum Gasteiger partial charge on any atom is 0.422 e. The van der Waals surface area contributed by atoms with E-state index < -0.39 is 35.0 Å². The topological polar surface area (TPSA) is 56.3 Å². The molecule has 2 aliphatic rings. The van der Waals surface area contributed by atoms with Crippen molar-refractivity contribution >= 4 is 11.4 Å². The Balaban J connectivity index is 1.58.